The molecular weight excluding hydrogens is 294 g/mol. The van der Waals surface area contributed by atoms with Gasteiger partial charge in [-0.3, -0.25) is 9.59 Å². The minimum absolute atomic E-state index is 0. The van der Waals surface area contributed by atoms with Crippen LogP contribution in [-0.4, -0.2) is 41.9 Å². The molecule has 3 N–H and O–H groups in total. The molecule has 2 amide bonds. The van der Waals surface area contributed by atoms with E-state index in [2.05, 4.69) is 5.32 Å². The van der Waals surface area contributed by atoms with Crippen LogP contribution in [-0.2, 0) is 4.79 Å². The first-order chi connectivity index (χ1) is 9.63. The van der Waals surface area contributed by atoms with Crippen molar-refractivity contribution in [1.29, 1.82) is 0 Å². The second kappa shape index (κ2) is 8.05. The van der Waals surface area contributed by atoms with Gasteiger partial charge in [0, 0.05) is 19.1 Å². The van der Waals surface area contributed by atoms with E-state index in [1.165, 1.54) is 6.26 Å². The predicted octanol–water partition coefficient (Wildman–Crippen LogP) is 1.16. The monoisotopic (exact) mass is 315 g/mol. The Morgan fingerprint density at radius 2 is 2.29 bits per heavy atom. The van der Waals surface area contributed by atoms with E-state index in [1.54, 1.807) is 24.0 Å². The molecule has 2 atom stereocenters. The largest absolute Gasteiger partial charge is 0.459 e. The molecule has 0 aromatic carbocycles. The summed E-state index contributed by atoms with van der Waals surface area (Å²) >= 11 is 0. The van der Waals surface area contributed by atoms with Gasteiger partial charge in [-0.15, -0.1) is 12.4 Å². The summed E-state index contributed by atoms with van der Waals surface area (Å²) in [5, 5.41) is 2.66. The highest BCUT2D eigenvalue weighted by molar-refractivity contribution is 5.95. The third kappa shape index (κ3) is 4.22. The Kier molecular flexibility index (Phi) is 6.71. The lowest BCUT2D eigenvalue weighted by atomic mass is 10.0. The molecule has 0 aliphatic carbocycles. The van der Waals surface area contributed by atoms with E-state index in [0.29, 0.717) is 13.1 Å². The van der Waals surface area contributed by atoms with Gasteiger partial charge in [-0.25, -0.2) is 0 Å². The molecule has 0 radical (unpaired) electrons. The molecule has 1 aromatic heterocycles. The summed E-state index contributed by atoms with van der Waals surface area (Å²) in [4.78, 5) is 26.0. The molecule has 7 heteroatoms. The van der Waals surface area contributed by atoms with E-state index in [0.717, 1.165) is 19.3 Å². The van der Waals surface area contributed by atoms with Crippen molar-refractivity contribution in [3.05, 3.63) is 24.2 Å². The van der Waals surface area contributed by atoms with E-state index in [1.807, 2.05) is 0 Å². The van der Waals surface area contributed by atoms with Crippen molar-refractivity contribution < 1.29 is 14.0 Å². The van der Waals surface area contributed by atoms with Crippen molar-refractivity contribution in [2.24, 2.45) is 5.73 Å². The maximum absolute atomic E-state index is 12.4. The van der Waals surface area contributed by atoms with Gasteiger partial charge in [0.15, 0.2) is 5.76 Å². The van der Waals surface area contributed by atoms with E-state index in [4.69, 9.17) is 10.2 Å². The number of furan rings is 1. The number of likely N-dealkylation sites (tertiary alicyclic amines) is 1. The predicted molar refractivity (Wildman–Crippen MR) is 81.3 cm³/mol. The van der Waals surface area contributed by atoms with E-state index < -0.39 is 6.04 Å². The van der Waals surface area contributed by atoms with Crippen LogP contribution >= 0.6 is 12.4 Å². The maximum atomic E-state index is 12.4. The van der Waals surface area contributed by atoms with Gasteiger partial charge < -0.3 is 20.4 Å². The molecule has 1 aliphatic heterocycles. The van der Waals surface area contributed by atoms with Crippen LogP contribution in [0.5, 0.6) is 0 Å². The molecule has 1 aliphatic rings. The molecule has 21 heavy (non-hydrogen) atoms. The molecule has 0 saturated carbocycles. The highest BCUT2D eigenvalue weighted by Gasteiger charge is 2.29. The molecule has 6 nitrogen and oxygen atoms in total. The molecule has 0 spiro atoms. The van der Waals surface area contributed by atoms with Crippen LogP contribution in [0.3, 0.4) is 0 Å². The van der Waals surface area contributed by atoms with Crippen LogP contribution in [0.15, 0.2) is 22.8 Å². The number of nitrogens with one attached hydrogen (secondary N) is 1. The minimum atomic E-state index is -0.584. The summed E-state index contributed by atoms with van der Waals surface area (Å²) in [6.45, 7) is 2.86. The topological polar surface area (TPSA) is 88.6 Å². The van der Waals surface area contributed by atoms with Crippen molar-refractivity contribution in [3.8, 4) is 0 Å². The summed E-state index contributed by atoms with van der Waals surface area (Å²) in [6.07, 6.45) is 4.44. The summed E-state index contributed by atoms with van der Waals surface area (Å²) in [6, 6.07) is 2.70. The average Bonchev–Trinajstić information content (AvgIpc) is 3.00. The second-order valence-electron chi connectivity index (χ2n) is 5.09. The lowest BCUT2D eigenvalue weighted by Gasteiger charge is -2.36. The van der Waals surface area contributed by atoms with E-state index in [9.17, 15) is 9.59 Å². The number of rotatable bonds is 4. The molecule has 0 bridgehead atoms. The molecule has 1 saturated heterocycles. The third-order valence-electron chi connectivity index (χ3n) is 3.65. The zero-order valence-corrected chi connectivity index (χ0v) is 12.9. The number of amides is 2. The van der Waals surface area contributed by atoms with Crippen LogP contribution < -0.4 is 11.1 Å². The van der Waals surface area contributed by atoms with Crippen LogP contribution in [0, 0.1) is 0 Å². The molecule has 2 unspecified atom stereocenters. The zero-order chi connectivity index (χ0) is 14.5. The molecule has 118 valence electrons. The smallest absolute Gasteiger partial charge is 0.287 e. The fourth-order valence-electron chi connectivity index (χ4n) is 2.52. The summed E-state index contributed by atoms with van der Waals surface area (Å²) in [5.74, 6) is -0.254. The number of nitrogens with zero attached hydrogens (tertiary/aromatic N) is 1. The summed E-state index contributed by atoms with van der Waals surface area (Å²) in [5.41, 5.74) is 5.71. The first-order valence-electron chi connectivity index (χ1n) is 6.98. The lowest BCUT2D eigenvalue weighted by molar-refractivity contribution is -0.136. The Bertz CT molecular complexity index is 464. The van der Waals surface area contributed by atoms with Crippen LogP contribution in [0.1, 0.15) is 36.7 Å². The number of hydrogen-bond donors (Lipinski definition) is 2. The van der Waals surface area contributed by atoms with Gasteiger partial charge in [0.1, 0.15) is 6.04 Å². The fraction of sp³-hybridized carbons (Fsp3) is 0.571. The maximum Gasteiger partial charge on any atom is 0.287 e. The number of piperidine rings is 1. The lowest BCUT2D eigenvalue weighted by Crippen LogP contribution is -2.54. The molecular formula is C14H22ClN3O3. The zero-order valence-electron chi connectivity index (χ0n) is 12.1. The first kappa shape index (κ1) is 17.5. The van der Waals surface area contributed by atoms with Crippen LogP contribution in [0.4, 0.5) is 0 Å². The number of carbonyl (C=O) groups is 2. The fourth-order valence-corrected chi connectivity index (χ4v) is 2.52. The Labute approximate surface area is 130 Å². The summed E-state index contributed by atoms with van der Waals surface area (Å²) < 4.78 is 5.01. The SMILES string of the molecule is CC(NC(=O)c1ccco1)C(=O)N1CCCCC1CN.Cl. The number of halogens is 1. The van der Waals surface area contributed by atoms with Gasteiger partial charge in [-0.05, 0) is 38.3 Å². The van der Waals surface area contributed by atoms with Gasteiger partial charge >= 0.3 is 0 Å². The molecule has 1 aromatic rings. The molecule has 2 rings (SSSR count). The van der Waals surface area contributed by atoms with Crippen molar-refractivity contribution in [3.63, 3.8) is 0 Å². The first-order valence-corrected chi connectivity index (χ1v) is 6.98. The Morgan fingerprint density at radius 1 is 1.52 bits per heavy atom. The Hall–Kier alpha value is -1.53. The van der Waals surface area contributed by atoms with Crippen LogP contribution in [0.2, 0.25) is 0 Å². The number of carbonyl (C=O) groups excluding carboxylic acids is 2. The van der Waals surface area contributed by atoms with Gasteiger partial charge in [0.2, 0.25) is 5.91 Å². The standard InChI is InChI=1S/C14H21N3O3.ClH/c1-10(16-13(18)12-6-4-8-20-12)14(19)17-7-3-2-5-11(17)9-15;/h4,6,8,10-11H,2-3,5,7,9,15H2,1H3,(H,16,18);1H. The quantitative estimate of drug-likeness (QED) is 0.872. The van der Waals surface area contributed by atoms with Crippen molar-refractivity contribution in [2.75, 3.05) is 13.1 Å². The van der Waals surface area contributed by atoms with Crippen molar-refractivity contribution in [1.82, 2.24) is 10.2 Å². The normalized spacial score (nSPS) is 19.5. The van der Waals surface area contributed by atoms with Gasteiger partial charge in [-0.2, -0.15) is 0 Å². The Morgan fingerprint density at radius 3 is 2.90 bits per heavy atom. The van der Waals surface area contributed by atoms with E-state index >= 15 is 0 Å². The molecule has 1 fully saturated rings. The number of nitrogens with two attached hydrogens (primary N) is 1. The Balaban J connectivity index is 0.00000220. The van der Waals surface area contributed by atoms with Crippen molar-refractivity contribution in [2.45, 2.75) is 38.3 Å². The number of hydrogen-bond acceptors (Lipinski definition) is 4. The highest BCUT2D eigenvalue weighted by atomic mass is 35.5. The van der Waals surface area contributed by atoms with Gasteiger partial charge in [0.05, 0.1) is 6.26 Å². The van der Waals surface area contributed by atoms with Gasteiger partial charge in [-0.1, -0.05) is 0 Å². The minimum Gasteiger partial charge on any atom is -0.459 e. The molecule has 2 heterocycles. The van der Waals surface area contributed by atoms with E-state index in [-0.39, 0.29) is 36.0 Å². The van der Waals surface area contributed by atoms with Gasteiger partial charge in [0.25, 0.3) is 5.91 Å². The van der Waals surface area contributed by atoms with Crippen LogP contribution in [0.25, 0.3) is 0 Å². The van der Waals surface area contributed by atoms with Crippen molar-refractivity contribution >= 4 is 24.2 Å². The second-order valence-corrected chi connectivity index (χ2v) is 5.09. The summed E-state index contributed by atoms with van der Waals surface area (Å²) in [7, 11) is 0. The third-order valence-corrected chi connectivity index (χ3v) is 3.65. The average molecular weight is 316 g/mol. The highest BCUT2D eigenvalue weighted by Crippen LogP contribution is 2.17.